The molecule has 1 aromatic carbocycles. The van der Waals surface area contributed by atoms with E-state index in [1.165, 1.54) is 0 Å². The van der Waals surface area contributed by atoms with Crippen molar-refractivity contribution < 1.29 is 9.53 Å². The molecule has 2 heterocycles. The number of rotatable bonds is 5. The molecule has 6 nitrogen and oxygen atoms in total. The Balaban J connectivity index is 1.86. The van der Waals surface area contributed by atoms with Crippen LogP contribution >= 0.6 is 23.6 Å². The number of anilines is 1. The number of benzene rings is 1. The molecular formula is C16H16N4O2S2. The fourth-order valence-corrected chi connectivity index (χ4v) is 3.31. The van der Waals surface area contributed by atoms with Crippen molar-refractivity contribution in [1.29, 1.82) is 0 Å². The highest BCUT2D eigenvalue weighted by Gasteiger charge is 2.21. The maximum Gasteiger partial charge on any atom is 0.247 e. The molecule has 124 valence electrons. The normalized spacial score (nSPS) is 11.9. The Kier molecular flexibility index (Phi) is 4.77. The molecule has 0 aliphatic rings. The number of carbonyl (C=O) groups excluding carboxylic acids is 1. The molecule has 8 heteroatoms. The van der Waals surface area contributed by atoms with E-state index in [1.807, 2.05) is 35.7 Å². The van der Waals surface area contributed by atoms with Gasteiger partial charge in [0, 0.05) is 11.8 Å². The molecule has 2 aromatic heterocycles. The molecule has 3 rings (SSSR count). The Bertz CT molecular complexity index is 899. The van der Waals surface area contributed by atoms with E-state index >= 15 is 0 Å². The van der Waals surface area contributed by atoms with Crippen LogP contribution in [0, 0.1) is 4.77 Å². The van der Waals surface area contributed by atoms with Gasteiger partial charge < -0.3 is 10.1 Å². The fourth-order valence-electron chi connectivity index (χ4n) is 2.31. The van der Waals surface area contributed by atoms with Crippen LogP contribution in [0.3, 0.4) is 0 Å². The number of nitrogens with zero attached hydrogens (tertiary/aromatic N) is 2. The van der Waals surface area contributed by atoms with Crippen LogP contribution in [0.2, 0.25) is 0 Å². The Hall–Kier alpha value is -2.45. The van der Waals surface area contributed by atoms with Crippen molar-refractivity contribution in [3.63, 3.8) is 0 Å². The zero-order valence-electron chi connectivity index (χ0n) is 13.1. The average molecular weight is 360 g/mol. The summed E-state index contributed by atoms with van der Waals surface area (Å²) in [6, 6.07) is 10.6. The lowest BCUT2D eigenvalue weighted by Crippen LogP contribution is -2.24. The van der Waals surface area contributed by atoms with Crippen molar-refractivity contribution in [2.75, 3.05) is 12.4 Å². The summed E-state index contributed by atoms with van der Waals surface area (Å²) < 4.78 is 7.30. The van der Waals surface area contributed by atoms with Crippen LogP contribution in [-0.2, 0) is 4.79 Å². The molecule has 0 aliphatic carbocycles. The number of methoxy groups -OCH3 is 1. The summed E-state index contributed by atoms with van der Waals surface area (Å²) in [5.41, 5.74) is 0.666. The summed E-state index contributed by atoms with van der Waals surface area (Å²) in [5, 5.41) is 11.9. The van der Waals surface area contributed by atoms with Gasteiger partial charge in [0.15, 0.2) is 10.6 Å². The van der Waals surface area contributed by atoms with E-state index in [2.05, 4.69) is 15.5 Å². The van der Waals surface area contributed by atoms with E-state index in [1.54, 1.807) is 36.0 Å². The highest BCUT2D eigenvalue weighted by atomic mass is 32.1. The standard InChI is InChI=1S/C16H16N4O2S2/c1-10(15(21)17-11-5-3-6-12(9-11)22-2)20-14(18-19-16(20)23)13-7-4-8-24-13/h3-10H,1-2H3,(H,17,21)(H,19,23)/t10-/m0/s1. The minimum absolute atomic E-state index is 0.182. The van der Waals surface area contributed by atoms with Gasteiger partial charge in [-0.3, -0.25) is 14.5 Å². The van der Waals surface area contributed by atoms with Gasteiger partial charge in [0.1, 0.15) is 11.8 Å². The second-order valence-electron chi connectivity index (χ2n) is 5.10. The molecule has 1 amide bonds. The maximum absolute atomic E-state index is 12.6. The number of carbonyl (C=O) groups is 1. The predicted molar refractivity (Wildman–Crippen MR) is 97.1 cm³/mol. The molecule has 0 aliphatic heterocycles. The van der Waals surface area contributed by atoms with E-state index in [0.29, 0.717) is 22.0 Å². The van der Waals surface area contributed by atoms with E-state index in [-0.39, 0.29) is 5.91 Å². The van der Waals surface area contributed by atoms with Crippen LogP contribution in [0.1, 0.15) is 13.0 Å². The first-order valence-electron chi connectivity index (χ1n) is 7.26. The number of ether oxygens (including phenoxy) is 1. The lowest BCUT2D eigenvalue weighted by Gasteiger charge is -2.15. The van der Waals surface area contributed by atoms with Gasteiger partial charge in [-0.15, -0.1) is 11.3 Å². The van der Waals surface area contributed by atoms with Gasteiger partial charge in [0.05, 0.1) is 12.0 Å². The third kappa shape index (κ3) is 3.24. The van der Waals surface area contributed by atoms with Crippen molar-refractivity contribution in [2.24, 2.45) is 0 Å². The maximum atomic E-state index is 12.6. The average Bonchev–Trinajstić information content (AvgIpc) is 3.23. The summed E-state index contributed by atoms with van der Waals surface area (Å²) in [6.45, 7) is 1.79. The Morgan fingerprint density at radius 1 is 1.42 bits per heavy atom. The van der Waals surface area contributed by atoms with Crippen molar-refractivity contribution >= 4 is 35.1 Å². The van der Waals surface area contributed by atoms with Gasteiger partial charge in [-0.25, -0.2) is 0 Å². The van der Waals surface area contributed by atoms with E-state index in [4.69, 9.17) is 17.0 Å². The molecule has 24 heavy (non-hydrogen) atoms. The van der Waals surface area contributed by atoms with E-state index in [9.17, 15) is 4.79 Å². The monoisotopic (exact) mass is 360 g/mol. The molecule has 0 radical (unpaired) electrons. The second-order valence-corrected chi connectivity index (χ2v) is 6.43. The molecule has 2 N–H and O–H groups in total. The first kappa shape index (κ1) is 16.4. The summed E-state index contributed by atoms with van der Waals surface area (Å²) >= 11 is 6.84. The highest BCUT2D eigenvalue weighted by Crippen LogP contribution is 2.26. The predicted octanol–water partition coefficient (Wildman–Crippen LogP) is 3.88. The van der Waals surface area contributed by atoms with Crippen LogP contribution in [0.5, 0.6) is 5.75 Å². The van der Waals surface area contributed by atoms with Crippen molar-refractivity contribution in [1.82, 2.24) is 14.8 Å². The van der Waals surface area contributed by atoms with Crippen LogP contribution in [0.25, 0.3) is 10.7 Å². The number of nitrogens with one attached hydrogen (secondary N) is 2. The second kappa shape index (κ2) is 6.98. The third-order valence-electron chi connectivity index (χ3n) is 3.55. The molecule has 0 bridgehead atoms. The Morgan fingerprint density at radius 3 is 2.96 bits per heavy atom. The summed E-state index contributed by atoms with van der Waals surface area (Å²) in [4.78, 5) is 13.6. The highest BCUT2D eigenvalue weighted by molar-refractivity contribution is 7.71. The summed E-state index contributed by atoms with van der Waals surface area (Å²) in [5.74, 6) is 1.15. The molecular weight excluding hydrogens is 344 g/mol. The molecule has 3 aromatic rings. The van der Waals surface area contributed by atoms with Crippen molar-refractivity contribution in [2.45, 2.75) is 13.0 Å². The van der Waals surface area contributed by atoms with Gasteiger partial charge in [-0.1, -0.05) is 12.1 Å². The Morgan fingerprint density at radius 2 is 2.25 bits per heavy atom. The van der Waals surface area contributed by atoms with E-state index < -0.39 is 6.04 Å². The SMILES string of the molecule is COc1cccc(NC(=O)[C@H](C)n2c(-c3cccs3)n[nH]c2=S)c1. The quantitative estimate of drug-likeness (QED) is 0.678. The molecule has 1 atom stereocenters. The van der Waals surface area contributed by atoms with Crippen LogP contribution < -0.4 is 10.1 Å². The number of H-pyrrole nitrogens is 1. The smallest absolute Gasteiger partial charge is 0.247 e. The third-order valence-corrected chi connectivity index (χ3v) is 4.70. The van der Waals surface area contributed by atoms with Crippen LogP contribution in [0.4, 0.5) is 5.69 Å². The number of hydrogen-bond acceptors (Lipinski definition) is 5. The first-order valence-corrected chi connectivity index (χ1v) is 8.54. The summed E-state index contributed by atoms with van der Waals surface area (Å²) in [7, 11) is 1.58. The Labute approximate surface area is 148 Å². The van der Waals surface area contributed by atoms with Crippen molar-refractivity contribution in [3.8, 4) is 16.5 Å². The van der Waals surface area contributed by atoms with Gasteiger partial charge in [-0.05, 0) is 42.7 Å². The van der Waals surface area contributed by atoms with E-state index in [0.717, 1.165) is 4.88 Å². The minimum Gasteiger partial charge on any atom is -0.497 e. The number of amides is 1. The molecule has 0 unspecified atom stereocenters. The molecule has 0 saturated heterocycles. The first-order chi connectivity index (χ1) is 11.6. The van der Waals surface area contributed by atoms with Gasteiger partial charge in [0.2, 0.25) is 5.91 Å². The number of hydrogen-bond donors (Lipinski definition) is 2. The zero-order valence-corrected chi connectivity index (χ0v) is 14.8. The number of aromatic nitrogens is 3. The summed E-state index contributed by atoms with van der Waals surface area (Å²) in [6.07, 6.45) is 0. The topological polar surface area (TPSA) is 71.9 Å². The number of thiophene rings is 1. The number of aromatic amines is 1. The fraction of sp³-hybridized carbons (Fsp3) is 0.188. The van der Waals surface area contributed by atoms with Gasteiger partial charge in [0.25, 0.3) is 0 Å². The van der Waals surface area contributed by atoms with Crippen molar-refractivity contribution in [3.05, 3.63) is 46.5 Å². The molecule has 0 fully saturated rings. The molecule has 0 spiro atoms. The largest absolute Gasteiger partial charge is 0.497 e. The minimum atomic E-state index is -0.514. The van der Waals surface area contributed by atoms with Gasteiger partial charge >= 0.3 is 0 Å². The zero-order chi connectivity index (χ0) is 17.1. The lowest BCUT2D eigenvalue weighted by atomic mass is 10.2. The lowest BCUT2D eigenvalue weighted by molar-refractivity contribution is -0.118. The van der Waals surface area contributed by atoms with Crippen LogP contribution in [0.15, 0.2) is 41.8 Å². The van der Waals surface area contributed by atoms with Crippen LogP contribution in [-0.4, -0.2) is 27.8 Å². The molecule has 0 saturated carbocycles. The van der Waals surface area contributed by atoms with Gasteiger partial charge in [-0.2, -0.15) is 5.10 Å².